The van der Waals surface area contributed by atoms with Crippen molar-refractivity contribution in [2.75, 3.05) is 11.9 Å². The summed E-state index contributed by atoms with van der Waals surface area (Å²) in [5, 5.41) is 6.42. The summed E-state index contributed by atoms with van der Waals surface area (Å²) in [6, 6.07) is 15.9. The predicted octanol–water partition coefficient (Wildman–Crippen LogP) is 1.50. The van der Waals surface area contributed by atoms with Crippen LogP contribution < -0.4 is 27.8 Å². The second kappa shape index (κ2) is 10.6. The standard InChI is InChI=1S/C20H23BrN2O2.ClH/c21-16-10-11-19(15(12-16)13-22-17-6-4-5-7-17)25-14-20(24)23-18-8-2-1-3-9-18;/h1-3,8-12,17,22H,4-7,13-14H2,(H,23,24);1H/p-1. The fourth-order valence-electron chi connectivity index (χ4n) is 3.07. The maximum Gasteiger partial charge on any atom is 0.262 e. The minimum Gasteiger partial charge on any atom is -1.00 e. The van der Waals surface area contributed by atoms with E-state index in [0.717, 1.165) is 28.0 Å². The quantitative estimate of drug-likeness (QED) is 0.689. The highest BCUT2D eigenvalue weighted by Crippen LogP contribution is 2.25. The maximum absolute atomic E-state index is 12.1. The van der Waals surface area contributed by atoms with E-state index in [0.29, 0.717) is 6.04 Å². The molecule has 2 aromatic rings. The van der Waals surface area contributed by atoms with Gasteiger partial charge in [-0.3, -0.25) is 4.79 Å². The number of carbonyl (C=O) groups is 1. The molecule has 2 N–H and O–H groups in total. The molecule has 0 unspecified atom stereocenters. The molecule has 1 amide bonds. The number of anilines is 1. The van der Waals surface area contributed by atoms with Crippen LogP contribution in [0.4, 0.5) is 5.69 Å². The van der Waals surface area contributed by atoms with Gasteiger partial charge in [-0.2, -0.15) is 0 Å². The molecule has 1 saturated carbocycles. The Kier molecular flexibility index (Phi) is 8.42. The van der Waals surface area contributed by atoms with Crippen LogP contribution in [-0.4, -0.2) is 18.6 Å². The summed E-state index contributed by atoms with van der Waals surface area (Å²) >= 11 is 3.51. The highest BCUT2D eigenvalue weighted by Gasteiger charge is 2.15. The predicted molar refractivity (Wildman–Crippen MR) is 104 cm³/mol. The summed E-state index contributed by atoms with van der Waals surface area (Å²) in [7, 11) is 0. The maximum atomic E-state index is 12.1. The first-order valence-corrected chi connectivity index (χ1v) is 9.49. The van der Waals surface area contributed by atoms with Gasteiger partial charge < -0.3 is 27.8 Å². The van der Waals surface area contributed by atoms with Gasteiger partial charge in [-0.15, -0.1) is 0 Å². The Labute approximate surface area is 169 Å². The number of hydrogen-bond acceptors (Lipinski definition) is 3. The lowest BCUT2D eigenvalue weighted by atomic mass is 10.1. The Balaban J connectivity index is 0.00000243. The molecule has 0 spiro atoms. The van der Waals surface area contributed by atoms with Crippen LogP contribution in [0.25, 0.3) is 0 Å². The van der Waals surface area contributed by atoms with Crippen molar-refractivity contribution in [3.8, 4) is 5.75 Å². The Morgan fingerprint density at radius 3 is 2.58 bits per heavy atom. The third kappa shape index (κ3) is 6.31. The van der Waals surface area contributed by atoms with Gasteiger partial charge in [0.1, 0.15) is 5.75 Å². The fourth-order valence-corrected chi connectivity index (χ4v) is 3.48. The summed E-state index contributed by atoms with van der Waals surface area (Å²) in [6.45, 7) is 0.743. The number of halogens is 2. The van der Waals surface area contributed by atoms with Gasteiger partial charge in [0.05, 0.1) is 0 Å². The third-order valence-electron chi connectivity index (χ3n) is 4.38. The largest absolute Gasteiger partial charge is 1.00 e. The lowest BCUT2D eigenvalue weighted by Gasteiger charge is -2.16. The van der Waals surface area contributed by atoms with E-state index in [1.807, 2.05) is 48.5 Å². The van der Waals surface area contributed by atoms with Crippen LogP contribution in [0, 0.1) is 0 Å². The number of para-hydroxylation sites is 1. The molecular formula is C20H23BrClN2O2-. The number of rotatable bonds is 7. The highest BCUT2D eigenvalue weighted by atomic mass is 79.9. The minimum absolute atomic E-state index is 0. The van der Waals surface area contributed by atoms with Crippen LogP contribution in [0.5, 0.6) is 5.75 Å². The van der Waals surface area contributed by atoms with E-state index >= 15 is 0 Å². The zero-order valence-corrected chi connectivity index (χ0v) is 16.9. The number of benzene rings is 2. The molecule has 0 heterocycles. The first-order chi connectivity index (χ1) is 12.2. The molecule has 4 nitrogen and oxygen atoms in total. The second-order valence-corrected chi connectivity index (χ2v) is 7.23. The summed E-state index contributed by atoms with van der Waals surface area (Å²) < 4.78 is 6.78. The second-order valence-electron chi connectivity index (χ2n) is 6.32. The van der Waals surface area contributed by atoms with Gasteiger partial charge >= 0.3 is 0 Å². The van der Waals surface area contributed by atoms with Crippen molar-refractivity contribution < 1.29 is 21.9 Å². The Morgan fingerprint density at radius 1 is 1.12 bits per heavy atom. The van der Waals surface area contributed by atoms with Crippen LogP contribution in [0.3, 0.4) is 0 Å². The molecule has 1 aliphatic carbocycles. The molecular weight excluding hydrogens is 416 g/mol. The van der Waals surface area contributed by atoms with Crippen LogP contribution in [0.2, 0.25) is 0 Å². The molecule has 6 heteroatoms. The van der Waals surface area contributed by atoms with Gasteiger partial charge in [0.15, 0.2) is 6.61 Å². The van der Waals surface area contributed by atoms with Gasteiger partial charge in [0, 0.05) is 28.3 Å². The van der Waals surface area contributed by atoms with E-state index in [-0.39, 0.29) is 24.9 Å². The molecule has 2 aromatic carbocycles. The summed E-state index contributed by atoms with van der Waals surface area (Å²) in [5.41, 5.74) is 1.84. The monoisotopic (exact) mass is 437 g/mol. The molecule has 1 aliphatic rings. The summed E-state index contributed by atoms with van der Waals surface area (Å²) in [6.07, 6.45) is 5.09. The Hall–Kier alpha value is -1.56. The molecule has 140 valence electrons. The Bertz CT molecular complexity index is 706. The number of hydrogen-bond donors (Lipinski definition) is 2. The SMILES string of the molecule is O=C(COc1ccc(Br)cc1CNC1CCCC1)Nc1ccccc1.[Cl-]. The summed E-state index contributed by atoms with van der Waals surface area (Å²) in [4.78, 5) is 12.1. The first-order valence-electron chi connectivity index (χ1n) is 8.70. The van der Waals surface area contributed by atoms with Crippen LogP contribution in [0.15, 0.2) is 53.0 Å². The van der Waals surface area contributed by atoms with E-state index in [2.05, 4.69) is 26.6 Å². The molecule has 0 aliphatic heterocycles. The van der Waals surface area contributed by atoms with Gasteiger partial charge in [-0.1, -0.05) is 47.0 Å². The fraction of sp³-hybridized carbons (Fsp3) is 0.350. The van der Waals surface area contributed by atoms with Crippen molar-refractivity contribution in [2.24, 2.45) is 0 Å². The van der Waals surface area contributed by atoms with Crippen LogP contribution >= 0.6 is 15.9 Å². The minimum atomic E-state index is -0.163. The van der Waals surface area contributed by atoms with E-state index in [9.17, 15) is 4.79 Å². The van der Waals surface area contributed by atoms with E-state index in [4.69, 9.17) is 4.74 Å². The van der Waals surface area contributed by atoms with Gasteiger partial charge in [-0.05, 0) is 43.2 Å². The number of carbonyl (C=O) groups excluding carboxylic acids is 1. The number of nitrogens with one attached hydrogen (secondary N) is 2. The number of ether oxygens (including phenoxy) is 1. The van der Waals surface area contributed by atoms with Crippen molar-refractivity contribution >= 4 is 27.5 Å². The zero-order valence-electron chi connectivity index (χ0n) is 14.5. The van der Waals surface area contributed by atoms with Crippen LogP contribution in [0.1, 0.15) is 31.2 Å². The van der Waals surface area contributed by atoms with E-state index in [1.165, 1.54) is 25.7 Å². The molecule has 0 saturated heterocycles. The molecule has 0 radical (unpaired) electrons. The molecule has 0 aromatic heterocycles. The molecule has 0 atom stereocenters. The van der Waals surface area contributed by atoms with Gasteiger partial charge in [0.25, 0.3) is 5.91 Å². The summed E-state index contributed by atoms with van der Waals surface area (Å²) in [5.74, 6) is 0.584. The van der Waals surface area contributed by atoms with Crippen molar-refractivity contribution in [3.63, 3.8) is 0 Å². The zero-order chi connectivity index (χ0) is 17.5. The van der Waals surface area contributed by atoms with Crippen molar-refractivity contribution in [1.29, 1.82) is 0 Å². The average molecular weight is 439 g/mol. The van der Waals surface area contributed by atoms with Crippen molar-refractivity contribution in [3.05, 3.63) is 58.6 Å². The lowest BCUT2D eigenvalue weighted by molar-refractivity contribution is -0.118. The average Bonchev–Trinajstić information content (AvgIpc) is 3.13. The van der Waals surface area contributed by atoms with Gasteiger partial charge in [0.2, 0.25) is 0 Å². The van der Waals surface area contributed by atoms with E-state index in [1.54, 1.807) is 0 Å². The topological polar surface area (TPSA) is 50.4 Å². The molecule has 26 heavy (non-hydrogen) atoms. The van der Waals surface area contributed by atoms with Crippen molar-refractivity contribution in [1.82, 2.24) is 5.32 Å². The lowest BCUT2D eigenvalue weighted by Crippen LogP contribution is -3.00. The normalized spacial score (nSPS) is 13.9. The van der Waals surface area contributed by atoms with Crippen molar-refractivity contribution in [2.45, 2.75) is 38.3 Å². The first kappa shape index (κ1) is 20.7. The van der Waals surface area contributed by atoms with Crippen LogP contribution in [-0.2, 0) is 11.3 Å². The van der Waals surface area contributed by atoms with Gasteiger partial charge in [-0.25, -0.2) is 0 Å². The highest BCUT2D eigenvalue weighted by molar-refractivity contribution is 9.10. The molecule has 1 fully saturated rings. The molecule has 3 rings (SSSR count). The smallest absolute Gasteiger partial charge is 0.262 e. The van der Waals surface area contributed by atoms with E-state index < -0.39 is 0 Å². The Morgan fingerprint density at radius 2 is 1.85 bits per heavy atom. The molecule has 0 bridgehead atoms. The third-order valence-corrected chi connectivity index (χ3v) is 4.87. The number of amides is 1.